The first-order valence-electron chi connectivity index (χ1n) is 6.83. The molecular formula is C14H25NO2. The minimum absolute atomic E-state index is 0.337. The van der Waals surface area contributed by atoms with Gasteiger partial charge in [-0.05, 0) is 19.9 Å². The molecule has 1 aliphatic rings. The Morgan fingerprint density at radius 2 is 1.41 bits per heavy atom. The number of piperidine rings is 1. The van der Waals surface area contributed by atoms with Crippen molar-refractivity contribution >= 4 is 11.6 Å². The molecule has 3 heteroatoms. The highest BCUT2D eigenvalue weighted by Crippen LogP contribution is 2.26. The summed E-state index contributed by atoms with van der Waals surface area (Å²) >= 11 is 0. The first kappa shape index (κ1) is 14.4. The Morgan fingerprint density at radius 3 is 1.76 bits per heavy atom. The van der Waals surface area contributed by atoms with E-state index in [0.717, 1.165) is 19.3 Å². The molecule has 0 N–H and O–H groups in total. The van der Waals surface area contributed by atoms with Gasteiger partial charge in [0.15, 0.2) is 0 Å². The Morgan fingerprint density at radius 1 is 1.00 bits per heavy atom. The van der Waals surface area contributed by atoms with Gasteiger partial charge in [-0.1, -0.05) is 20.3 Å². The third-order valence-corrected chi connectivity index (χ3v) is 3.94. The van der Waals surface area contributed by atoms with E-state index >= 15 is 0 Å². The lowest BCUT2D eigenvalue weighted by atomic mass is 9.90. The summed E-state index contributed by atoms with van der Waals surface area (Å²) in [5.41, 5.74) is 0. The van der Waals surface area contributed by atoms with E-state index in [1.807, 2.05) is 13.8 Å². The molecule has 1 fully saturated rings. The molecule has 17 heavy (non-hydrogen) atoms. The van der Waals surface area contributed by atoms with Gasteiger partial charge in [-0.2, -0.15) is 0 Å². The van der Waals surface area contributed by atoms with Gasteiger partial charge in [0, 0.05) is 37.8 Å². The van der Waals surface area contributed by atoms with Crippen molar-refractivity contribution in [1.29, 1.82) is 0 Å². The first-order valence-corrected chi connectivity index (χ1v) is 6.83. The molecule has 1 heterocycles. The molecule has 0 aliphatic carbocycles. The third kappa shape index (κ3) is 4.23. The highest BCUT2D eigenvalue weighted by molar-refractivity contribution is 5.79. The standard InChI is InChI=1S/C14H25NO2/c1-4-13(16)9-11-7-6-8-12(15(11)3)10-14(17)5-2/h11-12H,4-10H2,1-3H3/t11-,12+. The quantitative estimate of drug-likeness (QED) is 0.715. The van der Waals surface area contributed by atoms with Gasteiger partial charge >= 0.3 is 0 Å². The molecule has 0 unspecified atom stereocenters. The zero-order valence-corrected chi connectivity index (χ0v) is 11.4. The Kier molecular flexibility index (Phi) is 5.83. The summed E-state index contributed by atoms with van der Waals surface area (Å²) < 4.78 is 0. The van der Waals surface area contributed by atoms with Crippen LogP contribution in [-0.2, 0) is 9.59 Å². The summed E-state index contributed by atoms with van der Waals surface area (Å²) in [4.78, 5) is 25.3. The van der Waals surface area contributed by atoms with E-state index in [-0.39, 0.29) is 0 Å². The Hall–Kier alpha value is -0.700. The molecule has 0 aromatic rings. The number of Topliss-reactive ketones (excluding diaryl/α,β-unsaturated/α-hetero) is 2. The van der Waals surface area contributed by atoms with Gasteiger partial charge in [-0.15, -0.1) is 0 Å². The number of hydrogen-bond acceptors (Lipinski definition) is 3. The van der Waals surface area contributed by atoms with Crippen molar-refractivity contribution in [3.63, 3.8) is 0 Å². The molecule has 0 aromatic heterocycles. The van der Waals surface area contributed by atoms with Gasteiger partial charge in [0.1, 0.15) is 11.6 Å². The van der Waals surface area contributed by atoms with E-state index in [4.69, 9.17) is 0 Å². The number of carbonyl (C=O) groups is 2. The van der Waals surface area contributed by atoms with Crippen LogP contribution in [0.5, 0.6) is 0 Å². The Balaban J connectivity index is 2.52. The summed E-state index contributed by atoms with van der Waals surface area (Å²) in [6, 6.07) is 0.705. The maximum atomic E-state index is 11.5. The van der Waals surface area contributed by atoms with Gasteiger partial charge in [0.25, 0.3) is 0 Å². The van der Waals surface area contributed by atoms with Crippen molar-refractivity contribution in [2.24, 2.45) is 0 Å². The minimum atomic E-state index is 0.337. The molecule has 0 aromatic carbocycles. The number of rotatable bonds is 6. The van der Waals surface area contributed by atoms with Gasteiger partial charge in [-0.25, -0.2) is 0 Å². The molecule has 0 radical (unpaired) electrons. The van der Waals surface area contributed by atoms with Gasteiger partial charge in [0.05, 0.1) is 0 Å². The van der Waals surface area contributed by atoms with E-state index in [1.165, 1.54) is 0 Å². The van der Waals surface area contributed by atoms with Crippen LogP contribution < -0.4 is 0 Å². The van der Waals surface area contributed by atoms with Crippen molar-refractivity contribution in [2.45, 2.75) is 70.9 Å². The lowest BCUT2D eigenvalue weighted by Crippen LogP contribution is -2.45. The molecule has 1 rings (SSSR count). The van der Waals surface area contributed by atoms with Crippen molar-refractivity contribution in [2.75, 3.05) is 7.05 Å². The van der Waals surface area contributed by atoms with Crippen LogP contribution in [0, 0.1) is 0 Å². The maximum absolute atomic E-state index is 11.5. The highest BCUT2D eigenvalue weighted by atomic mass is 16.1. The minimum Gasteiger partial charge on any atom is -0.300 e. The zero-order chi connectivity index (χ0) is 12.8. The van der Waals surface area contributed by atoms with E-state index in [9.17, 15) is 9.59 Å². The smallest absolute Gasteiger partial charge is 0.134 e. The fourth-order valence-electron chi connectivity index (χ4n) is 2.60. The van der Waals surface area contributed by atoms with Crippen molar-refractivity contribution in [3.05, 3.63) is 0 Å². The lowest BCUT2D eigenvalue weighted by Gasteiger charge is -2.39. The highest BCUT2D eigenvalue weighted by Gasteiger charge is 2.29. The van der Waals surface area contributed by atoms with Crippen LogP contribution in [-0.4, -0.2) is 35.6 Å². The molecule has 0 saturated carbocycles. The summed E-state index contributed by atoms with van der Waals surface area (Å²) in [6.07, 6.45) is 5.91. The second kappa shape index (κ2) is 6.90. The summed E-state index contributed by atoms with van der Waals surface area (Å²) in [6.45, 7) is 3.84. The zero-order valence-electron chi connectivity index (χ0n) is 11.4. The lowest BCUT2D eigenvalue weighted by molar-refractivity contribution is -0.121. The fourth-order valence-corrected chi connectivity index (χ4v) is 2.60. The van der Waals surface area contributed by atoms with Crippen LogP contribution in [0.3, 0.4) is 0 Å². The average molecular weight is 239 g/mol. The maximum Gasteiger partial charge on any atom is 0.134 e. The van der Waals surface area contributed by atoms with E-state index < -0.39 is 0 Å². The van der Waals surface area contributed by atoms with Crippen LogP contribution in [0.4, 0.5) is 0 Å². The molecule has 3 nitrogen and oxygen atoms in total. The fraction of sp³-hybridized carbons (Fsp3) is 0.857. The van der Waals surface area contributed by atoms with Gasteiger partial charge < -0.3 is 0 Å². The molecule has 1 aliphatic heterocycles. The van der Waals surface area contributed by atoms with Gasteiger partial charge in [0.2, 0.25) is 0 Å². The molecule has 0 spiro atoms. The average Bonchev–Trinajstić information content (AvgIpc) is 2.33. The predicted molar refractivity (Wildman–Crippen MR) is 69.0 cm³/mol. The second-order valence-corrected chi connectivity index (χ2v) is 5.10. The molecule has 0 bridgehead atoms. The monoisotopic (exact) mass is 239 g/mol. The van der Waals surface area contributed by atoms with E-state index in [2.05, 4.69) is 11.9 Å². The van der Waals surface area contributed by atoms with Crippen molar-refractivity contribution in [3.8, 4) is 0 Å². The van der Waals surface area contributed by atoms with Crippen molar-refractivity contribution < 1.29 is 9.59 Å². The van der Waals surface area contributed by atoms with Crippen LogP contribution in [0.15, 0.2) is 0 Å². The number of ketones is 2. The predicted octanol–water partition coefficient (Wildman–Crippen LogP) is 2.58. The second-order valence-electron chi connectivity index (χ2n) is 5.10. The number of hydrogen-bond donors (Lipinski definition) is 0. The van der Waals surface area contributed by atoms with Crippen LogP contribution in [0.1, 0.15) is 58.8 Å². The van der Waals surface area contributed by atoms with Crippen molar-refractivity contribution in [1.82, 2.24) is 4.90 Å². The molecule has 1 saturated heterocycles. The van der Waals surface area contributed by atoms with Gasteiger partial charge in [-0.3, -0.25) is 14.5 Å². The Bertz CT molecular complexity index is 249. The largest absolute Gasteiger partial charge is 0.300 e. The normalized spacial score (nSPS) is 25.8. The topological polar surface area (TPSA) is 37.4 Å². The molecule has 0 amide bonds. The Labute approximate surface area is 105 Å². The number of carbonyl (C=O) groups excluding carboxylic acids is 2. The summed E-state index contributed by atoms with van der Waals surface area (Å²) in [7, 11) is 2.07. The first-order chi connectivity index (χ1) is 8.08. The third-order valence-electron chi connectivity index (χ3n) is 3.94. The molecular weight excluding hydrogens is 214 g/mol. The SMILES string of the molecule is CCC(=O)C[C@H]1CCC[C@@H](CC(=O)CC)N1C. The molecule has 98 valence electrons. The van der Waals surface area contributed by atoms with Crippen LogP contribution in [0.25, 0.3) is 0 Å². The van der Waals surface area contributed by atoms with E-state index in [0.29, 0.717) is 49.3 Å². The summed E-state index contributed by atoms with van der Waals surface area (Å²) in [5, 5.41) is 0. The van der Waals surface area contributed by atoms with Crippen LogP contribution in [0.2, 0.25) is 0 Å². The number of nitrogens with zero attached hydrogens (tertiary/aromatic N) is 1. The summed E-state index contributed by atoms with van der Waals surface area (Å²) in [5.74, 6) is 0.675. The van der Waals surface area contributed by atoms with Crippen LogP contribution >= 0.6 is 0 Å². The molecule has 2 atom stereocenters. The number of likely N-dealkylation sites (tertiary alicyclic amines) is 1. The van der Waals surface area contributed by atoms with E-state index in [1.54, 1.807) is 0 Å².